The van der Waals surface area contributed by atoms with Crippen LogP contribution in [0, 0.1) is 0 Å². The van der Waals surface area contributed by atoms with Crippen LogP contribution in [-0.4, -0.2) is 22.1 Å². The predicted molar refractivity (Wildman–Crippen MR) is 97.0 cm³/mol. The van der Waals surface area contributed by atoms with Crippen LogP contribution in [0.3, 0.4) is 0 Å². The maximum absolute atomic E-state index is 12.5. The second-order valence-electron chi connectivity index (χ2n) is 6.50. The van der Waals surface area contributed by atoms with Gasteiger partial charge in [-0.25, -0.2) is 0 Å². The van der Waals surface area contributed by atoms with Crippen molar-refractivity contribution in [3.05, 3.63) is 65.5 Å². The van der Waals surface area contributed by atoms with E-state index < -0.39 is 17.9 Å². The normalized spacial score (nSPS) is 12.3. The first-order valence-electron chi connectivity index (χ1n) is 8.42. The largest absolute Gasteiger partial charge is 0.481 e. The van der Waals surface area contributed by atoms with Gasteiger partial charge in [-0.1, -0.05) is 55.4 Å². The van der Waals surface area contributed by atoms with Crippen molar-refractivity contribution in [1.82, 2.24) is 10.5 Å². The molecule has 1 aromatic heterocycles. The zero-order valence-electron chi connectivity index (χ0n) is 14.6. The fraction of sp³-hybridized carbons (Fsp3) is 0.250. The van der Waals surface area contributed by atoms with Crippen LogP contribution in [0.5, 0.6) is 0 Å². The summed E-state index contributed by atoms with van der Waals surface area (Å²) in [6.07, 6.45) is -0.227. The Morgan fingerprint density at radius 1 is 1.12 bits per heavy atom. The minimum absolute atomic E-state index is 0.0740. The fourth-order valence-corrected chi connectivity index (χ4v) is 2.75. The first kappa shape index (κ1) is 17.7. The maximum atomic E-state index is 12.5. The van der Waals surface area contributed by atoms with Crippen molar-refractivity contribution < 1.29 is 19.2 Å². The van der Waals surface area contributed by atoms with E-state index in [9.17, 15) is 14.7 Å². The average Bonchev–Trinajstić information content (AvgIpc) is 3.11. The Balaban J connectivity index is 1.86. The van der Waals surface area contributed by atoms with Gasteiger partial charge >= 0.3 is 5.97 Å². The molecule has 0 saturated heterocycles. The second-order valence-corrected chi connectivity index (χ2v) is 6.50. The highest BCUT2D eigenvalue weighted by Gasteiger charge is 2.22. The lowest BCUT2D eigenvalue weighted by Gasteiger charge is -2.17. The molecule has 0 aliphatic rings. The van der Waals surface area contributed by atoms with E-state index in [1.165, 1.54) is 0 Å². The van der Waals surface area contributed by atoms with Gasteiger partial charge in [0.1, 0.15) is 0 Å². The lowest BCUT2D eigenvalue weighted by atomic mass is 9.99. The molecular weight excluding hydrogens is 332 g/mol. The van der Waals surface area contributed by atoms with Gasteiger partial charge in [0, 0.05) is 6.07 Å². The zero-order chi connectivity index (χ0) is 18.7. The lowest BCUT2D eigenvalue weighted by molar-refractivity contribution is -0.137. The third kappa shape index (κ3) is 3.91. The smallest absolute Gasteiger partial charge is 0.305 e. The Kier molecular flexibility index (Phi) is 5.02. The van der Waals surface area contributed by atoms with Gasteiger partial charge < -0.3 is 14.9 Å². The van der Waals surface area contributed by atoms with Crippen LogP contribution >= 0.6 is 0 Å². The quantitative estimate of drug-likeness (QED) is 0.702. The molecule has 0 spiro atoms. The number of carboxylic acids is 1. The van der Waals surface area contributed by atoms with E-state index in [0.29, 0.717) is 5.69 Å². The minimum atomic E-state index is -0.996. The molecule has 1 atom stereocenters. The third-order valence-corrected chi connectivity index (χ3v) is 4.20. The molecule has 26 heavy (non-hydrogen) atoms. The molecule has 0 saturated carbocycles. The Hall–Kier alpha value is -3.15. The van der Waals surface area contributed by atoms with Gasteiger partial charge in [-0.2, -0.15) is 0 Å². The molecule has 0 radical (unpaired) electrons. The minimum Gasteiger partial charge on any atom is -0.481 e. The number of hydrogen-bond donors (Lipinski definition) is 2. The standard InChI is InChI=1S/C20H20N2O4/c1-12(2)16-10-18(26-22-16)20(25)21-17(11-19(23)24)15-8-7-13-5-3-4-6-14(13)9-15/h3-10,12,17H,11H2,1-2H3,(H,21,25)(H,23,24)/t17-/m0/s1. The van der Waals surface area contributed by atoms with E-state index in [-0.39, 0.29) is 18.1 Å². The number of carbonyl (C=O) groups excluding carboxylic acids is 1. The molecule has 3 aromatic rings. The van der Waals surface area contributed by atoms with E-state index in [1.54, 1.807) is 6.07 Å². The summed E-state index contributed by atoms with van der Waals surface area (Å²) >= 11 is 0. The van der Waals surface area contributed by atoms with Gasteiger partial charge in [0.25, 0.3) is 5.91 Å². The van der Waals surface area contributed by atoms with Gasteiger partial charge in [-0.15, -0.1) is 0 Å². The van der Waals surface area contributed by atoms with Crippen LogP contribution < -0.4 is 5.32 Å². The highest BCUT2D eigenvalue weighted by atomic mass is 16.5. The predicted octanol–water partition coefficient (Wildman–Crippen LogP) is 3.90. The Labute approximate surface area is 150 Å². The highest BCUT2D eigenvalue weighted by molar-refractivity contribution is 5.92. The summed E-state index contributed by atoms with van der Waals surface area (Å²) in [5.74, 6) is -1.27. The number of nitrogens with one attached hydrogen (secondary N) is 1. The van der Waals surface area contributed by atoms with Gasteiger partial charge in [-0.3, -0.25) is 9.59 Å². The molecule has 2 N–H and O–H groups in total. The summed E-state index contributed by atoms with van der Waals surface area (Å²) in [6.45, 7) is 3.89. The van der Waals surface area contributed by atoms with Gasteiger partial charge in [0.2, 0.25) is 5.76 Å². The highest BCUT2D eigenvalue weighted by Crippen LogP contribution is 2.23. The third-order valence-electron chi connectivity index (χ3n) is 4.20. The molecule has 0 unspecified atom stereocenters. The topological polar surface area (TPSA) is 92.4 Å². The molecule has 3 rings (SSSR count). The monoisotopic (exact) mass is 352 g/mol. The number of carboxylic acid groups (broad SMARTS) is 1. The lowest BCUT2D eigenvalue weighted by Crippen LogP contribution is -2.30. The Bertz CT molecular complexity index is 946. The number of amides is 1. The Morgan fingerprint density at radius 2 is 1.85 bits per heavy atom. The van der Waals surface area contributed by atoms with Crippen LogP contribution in [0.2, 0.25) is 0 Å². The van der Waals surface area contributed by atoms with Gasteiger partial charge in [-0.05, 0) is 28.3 Å². The first-order chi connectivity index (χ1) is 12.4. The number of aliphatic carboxylic acids is 1. The molecule has 2 aromatic carbocycles. The van der Waals surface area contributed by atoms with E-state index in [2.05, 4.69) is 10.5 Å². The molecule has 6 nitrogen and oxygen atoms in total. The van der Waals surface area contributed by atoms with Crippen molar-refractivity contribution in [2.75, 3.05) is 0 Å². The van der Waals surface area contributed by atoms with E-state index >= 15 is 0 Å². The van der Waals surface area contributed by atoms with E-state index in [4.69, 9.17) is 4.52 Å². The summed E-state index contributed by atoms with van der Waals surface area (Å²) in [6, 6.07) is 14.3. The number of rotatable bonds is 6. The van der Waals surface area contributed by atoms with Gasteiger partial charge in [0.05, 0.1) is 18.2 Å². The fourth-order valence-electron chi connectivity index (χ4n) is 2.75. The molecule has 1 amide bonds. The van der Waals surface area contributed by atoms with Crippen molar-refractivity contribution in [3.63, 3.8) is 0 Å². The zero-order valence-corrected chi connectivity index (χ0v) is 14.6. The summed E-state index contributed by atoms with van der Waals surface area (Å²) in [4.78, 5) is 23.7. The van der Waals surface area contributed by atoms with E-state index in [0.717, 1.165) is 16.3 Å². The molecule has 1 heterocycles. The number of fused-ring (bicyclic) bond motifs is 1. The van der Waals surface area contributed by atoms with Crippen LogP contribution in [0.1, 0.15) is 54.0 Å². The number of hydrogen-bond acceptors (Lipinski definition) is 4. The summed E-state index contributed by atoms with van der Waals surface area (Å²) < 4.78 is 5.09. The van der Waals surface area contributed by atoms with Crippen molar-refractivity contribution in [2.24, 2.45) is 0 Å². The summed E-state index contributed by atoms with van der Waals surface area (Å²) in [5.41, 5.74) is 1.40. The van der Waals surface area contributed by atoms with Crippen LogP contribution in [0.25, 0.3) is 10.8 Å². The first-order valence-corrected chi connectivity index (χ1v) is 8.42. The second kappa shape index (κ2) is 7.39. The molecule has 0 fully saturated rings. The van der Waals surface area contributed by atoms with Crippen LogP contribution in [0.4, 0.5) is 0 Å². The van der Waals surface area contributed by atoms with Crippen molar-refractivity contribution in [1.29, 1.82) is 0 Å². The van der Waals surface area contributed by atoms with Crippen molar-refractivity contribution in [3.8, 4) is 0 Å². The average molecular weight is 352 g/mol. The summed E-state index contributed by atoms with van der Waals surface area (Å²) in [5, 5.41) is 17.9. The summed E-state index contributed by atoms with van der Waals surface area (Å²) in [7, 11) is 0. The molecular formula is C20H20N2O4. The number of carbonyl (C=O) groups is 2. The molecule has 134 valence electrons. The van der Waals surface area contributed by atoms with E-state index in [1.807, 2.05) is 56.3 Å². The number of nitrogens with zero attached hydrogens (tertiary/aromatic N) is 1. The SMILES string of the molecule is CC(C)c1cc(C(=O)N[C@@H](CC(=O)O)c2ccc3ccccc3c2)on1. The van der Waals surface area contributed by atoms with Crippen LogP contribution in [-0.2, 0) is 4.79 Å². The van der Waals surface area contributed by atoms with Crippen molar-refractivity contribution in [2.45, 2.75) is 32.2 Å². The molecule has 0 bridgehead atoms. The molecule has 6 heteroatoms. The maximum Gasteiger partial charge on any atom is 0.305 e. The molecule has 0 aliphatic carbocycles. The van der Waals surface area contributed by atoms with Gasteiger partial charge in [0.15, 0.2) is 0 Å². The molecule has 0 aliphatic heterocycles. The van der Waals surface area contributed by atoms with Crippen LogP contribution in [0.15, 0.2) is 53.1 Å². The Morgan fingerprint density at radius 3 is 2.50 bits per heavy atom. The van der Waals surface area contributed by atoms with Crippen molar-refractivity contribution >= 4 is 22.6 Å². The number of benzene rings is 2. The number of aromatic nitrogens is 1.